The minimum atomic E-state index is 0.245. The topological polar surface area (TPSA) is 9.23 Å². The highest BCUT2D eigenvalue weighted by molar-refractivity contribution is 7.96. The SMILES string of the molecule is COSC(C)(C)C(C)C. The lowest BCUT2D eigenvalue weighted by Crippen LogP contribution is -2.22. The Morgan fingerprint density at radius 2 is 1.78 bits per heavy atom. The van der Waals surface area contributed by atoms with Gasteiger partial charge in [-0.3, -0.25) is 0 Å². The van der Waals surface area contributed by atoms with E-state index in [9.17, 15) is 0 Å². The average molecular weight is 148 g/mol. The molecule has 0 aliphatic carbocycles. The fourth-order valence-corrected chi connectivity index (χ4v) is 0.933. The molecule has 0 spiro atoms. The summed E-state index contributed by atoms with van der Waals surface area (Å²) in [5.41, 5.74) is 0. The Kier molecular flexibility index (Phi) is 3.59. The normalized spacial score (nSPS) is 12.7. The zero-order valence-corrected chi connectivity index (χ0v) is 7.71. The van der Waals surface area contributed by atoms with Crippen LogP contribution >= 0.6 is 12.0 Å². The summed E-state index contributed by atoms with van der Waals surface area (Å²) in [6, 6.07) is 0. The van der Waals surface area contributed by atoms with E-state index in [0.29, 0.717) is 5.92 Å². The summed E-state index contributed by atoms with van der Waals surface area (Å²) in [7, 11) is 1.72. The molecular weight excluding hydrogens is 132 g/mol. The highest BCUT2D eigenvalue weighted by atomic mass is 32.2. The van der Waals surface area contributed by atoms with Crippen LogP contribution in [0.3, 0.4) is 0 Å². The number of hydrogen-bond donors (Lipinski definition) is 0. The lowest BCUT2D eigenvalue weighted by Gasteiger charge is -2.26. The maximum atomic E-state index is 4.98. The first-order chi connectivity index (χ1) is 4.00. The summed E-state index contributed by atoms with van der Waals surface area (Å²) in [4.78, 5) is 0. The standard InChI is InChI=1S/C7H16OS/c1-6(2)7(3,4)9-8-5/h6H,1-5H3. The highest BCUT2D eigenvalue weighted by Gasteiger charge is 2.22. The summed E-state index contributed by atoms with van der Waals surface area (Å²) in [5.74, 6) is 0.655. The van der Waals surface area contributed by atoms with Crippen molar-refractivity contribution in [1.29, 1.82) is 0 Å². The molecule has 0 bridgehead atoms. The molecule has 0 aromatic carbocycles. The summed E-state index contributed by atoms with van der Waals surface area (Å²) >= 11 is 1.54. The molecule has 0 saturated heterocycles. The summed E-state index contributed by atoms with van der Waals surface area (Å²) in [6.45, 7) is 8.77. The van der Waals surface area contributed by atoms with Gasteiger partial charge in [0.1, 0.15) is 0 Å². The van der Waals surface area contributed by atoms with E-state index in [1.807, 2.05) is 0 Å². The Balaban J connectivity index is 3.70. The van der Waals surface area contributed by atoms with Crippen LogP contribution in [0.5, 0.6) is 0 Å². The third-order valence-corrected chi connectivity index (χ3v) is 2.76. The molecule has 0 aliphatic rings. The van der Waals surface area contributed by atoms with E-state index in [0.717, 1.165) is 0 Å². The molecule has 0 atom stereocenters. The van der Waals surface area contributed by atoms with Gasteiger partial charge in [0, 0.05) is 4.75 Å². The lowest BCUT2D eigenvalue weighted by molar-refractivity contribution is 0.431. The van der Waals surface area contributed by atoms with Crippen molar-refractivity contribution in [3.8, 4) is 0 Å². The summed E-state index contributed by atoms with van der Waals surface area (Å²) in [6.07, 6.45) is 0. The van der Waals surface area contributed by atoms with E-state index < -0.39 is 0 Å². The Morgan fingerprint density at radius 1 is 1.33 bits per heavy atom. The van der Waals surface area contributed by atoms with Gasteiger partial charge in [0.25, 0.3) is 0 Å². The van der Waals surface area contributed by atoms with Crippen LogP contribution in [-0.2, 0) is 4.18 Å². The van der Waals surface area contributed by atoms with Gasteiger partial charge in [-0.1, -0.05) is 13.8 Å². The molecule has 0 fully saturated rings. The number of rotatable bonds is 3. The van der Waals surface area contributed by atoms with Gasteiger partial charge >= 0.3 is 0 Å². The van der Waals surface area contributed by atoms with E-state index in [2.05, 4.69) is 27.7 Å². The molecule has 0 saturated carbocycles. The Labute approximate surface area is 62.4 Å². The van der Waals surface area contributed by atoms with Gasteiger partial charge in [0.15, 0.2) is 0 Å². The van der Waals surface area contributed by atoms with Crippen molar-refractivity contribution >= 4 is 12.0 Å². The van der Waals surface area contributed by atoms with Gasteiger partial charge in [-0.25, -0.2) is 0 Å². The van der Waals surface area contributed by atoms with Crippen LogP contribution in [-0.4, -0.2) is 11.9 Å². The van der Waals surface area contributed by atoms with Crippen LogP contribution in [0.2, 0.25) is 0 Å². The van der Waals surface area contributed by atoms with Crippen LogP contribution in [0.25, 0.3) is 0 Å². The fraction of sp³-hybridized carbons (Fsp3) is 1.00. The molecule has 2 heteroatoms. The fourth-order valence-electron chi connectivity index (χ4n) is 0.311. The minimum Gasteiger partial charge on any atom is -0.318 e. The molecule has 0 amide bonds. The first-order valence-corrected chi connectivity index (χ1v) is 3.96. The maximum absolute atomic E-state index is 4.98. The minimum absolute atomic E-state index is 0.245. The lowest BCUT2D eigenvalue weighted by atomic mass is 10.00. The Hall–Kier alpha value is 0.310. The first kappa shape index (κ1) is 9.31. The van der Waals surface area contributed by atoms with Gasteiger partial charge in [-0.15, -0.1) is 0 Å². The second-order valence-electron chi connectivity index (χ2n) is 3.01. The van der Waals surface area contributed by atoms with Gasteiger partial charge in [-0.05, 0) is 31.8 Å². The molecule has 1 nitrogen and oxygen atoms in total. The van der Waals surface area contributed by atoms with E-state index in [1.165, 1.54) is 0 Å². The third kappa shape index (κ3) is 3.11. The van der Waals surface area contributed by atoms with E-state index >= 15 is 0 Å². The smallest absolute Gasteiger partial charge is 0.0503 e. The van der Waals surface area contributed by atoms with Crippen molar-refractivity contribution < 1.29 is 4.18 Å². The predicted octanol–water partition coefficient (Wildman–Crippen LogP) is 2.72. The molecule has 0 N–H and O–H groups in total. The molecule has 0 aromatic heterocycles. The van der Waals surface area contributed by atoms with Crippen molar-refractivity contribution in [3.05, 3.63) is 0 Å². The maximum Gasteiger partial charge on any atom is 0.0503 e. The van der Waals surface area contributed by atoms with Crippen LogP contribution in [0.4, 0.5) is 0 Å². The van der Waals surface area contributed by atoms with Gasteiger partial charge in [0.2, 0.25) is 0 Å². The molecule has 0 aromatic rings. The first-order valence-electron chi connectivity index (χ1n) is 3.22. The summed E-state index contributed by atoms with van der Waals surface area (Å²) < 4.78 is 5.23. The van der Waals surface area contributed by atoms with Crippen LogP contribution < -0.4 is 0 Å². The monoisotopic (exact) mass is 148 g/mol. The van der Waals surface area contributed by atoms with Crippen molar-refractivity contribution in [2.24, 2.45) is 5.92 Å². The quantitative estimate of drug-likeness (QED) is 0.569. The molecule has 0 unspecified atom stereocenters. The van der Waals surface area contributed by atoms with Gasteiger partial charge < -0.3 is 4.18 Å². The van der Waals surface area contributed by atoms with E-state index in [4.69, 9.17) is 4.18 Å². The highest BCUT2D eigenvalue weighted by Crippen LogP contribution is 2.31. The van der Waals surface area contributed by atoms with Gasteiger partial charge in [-0.2, -0.15) is 0 Å². The van der Waals surface area contributed by atoms with Crippen molar-refractivity contribution in [2.75, 3.05) is 7.11 Å². The second-order valence-corrected chi connectivity index (χ2v) is 4.56. The molecule has 56 valence electrons. The van der Waals surface area contributed by atoms with Crippen LogP contribution in [0.1, 0.15) is 27.7 Å². The van der Waals surface area contributed by atoms with Crippen LogP contribution in [0, 0.1) is 5.92 Å². The molecule has 0 rings (SSSR count). The molecular formula is C7H16OS. The number of hydrogen-bond acceptors (Lipinski definition) is 2. The molecule has 0 heterocycles. The Morgan fingerprint density at radius 3 is 1.89 bits per heavy atom. The molecule has 0 aliphatic heterocycles. The van der Waals surface area contributed by atoms with Crippen molar-refractivity contribution in [2.45, 2.75) is 32.4 Å². The van der Waals surface area contributed by atoms with E-state index in [1.54, 1.807) is 19.2 Å². The van der Waals surface area contributed by atoms with Gasteiger partial charge in [0.05, 0.1) is 7.11 Å². The van der Waals surface area contributed by atoms with Crippen LogP contribution in [0.15, 0.2) is 0 Å². The molecule has 0 radical (unpaired) electrons. The van der Waals surface area contributed by atoms with E-state index in [-0.39, 0.29) is 4.75 Å². The van der Waals surface area contributed by atoms with Crippen molar-refractivity contribution in [3.63, 3.8) is 0 Å². The predicted molar refractivity (Wildman–Crippen MR) is 43.5 cm³/mol. The largest absolute Gasteiger partial charge is 0.318 e. The zero-order chi connectivity index (χ0) is 7.49. The average Bonchev–Trinajstić information content (AvgIpc) is 1.65. The summed E-state index contributed by atoms with van der Waals surface area (Å²) in [5, 5.41) is 0. The molecule has 9 heavy (non-hydrogen) atoms. The zero-order valence-electron chi connectivity index (χ0n) is 6.89. The second kappa shape index (κ2) is 3.47. The Bertz CT molecular complexity index is 79.0. The third-order valence-electron chi connectivity index (χ3n) is 1.69. The van der Waals surface area contributed by atoms with Crippen molar-refractivity contribution in [1.82, 2.24) is 0 Å².